The van der Waals surface area contributed by atoms with Gasteiger partial charge in [-0.3, -0.25) is 4.79 Å². The molecule has 0 saturated heterocycles. The lowest BCUT2D eigenvalue weighted by Gasteiger charge is -2.10. The maximum Gasteiger partial charge on any atom is 0.454 e. The van der Waals surface area contributed by atoms with E-state index in [1.165, 1.54) is 12.3 Å². The summed E-state index contributed by atoms with van der Waals surface area (Å²) in [6.45, 7) is 2.50. The first-order valence-corrected chi connectivity index (χ1v) is 8.65. The Labute approximate surface area is 156 Å². The van der Waals surface area contributed by atoms with Gasteiger partial charge < -0.3 is 9.30 Å². The summed E-state index contributed by atoms with van der Waals surface area (Å²) in [5, 5.41) is 0.262. The van der Waals surface area contributed by atoms with Gasteiger partial charge in [-0.15, -0.1) is 0 Å². The van der Waals surface area contributed by atoms with Crippen molar-refractivity contribution in [1.29, 1.82) is 0 Å². The van der Waals surface area contributed by atoms with Gasteiger partial charge in [0.15, 0.2) is 0 Å². The molecule has 7 heteroatoms. The molecule has 1 heterocycles. The monoisotopic (exact) mass is 425 g/mol. The normalized spacial score (nSPS) is 11.7. The highest BCUT2D eigenvalue weighted by Crippen LogP contribution is 2.30. The molecule has 3 aromatic rings. The standard InChI is InChI=1S/C19H15BrF3NO2/c1-12-4-2-3-5-17(12)26-9-8-24-11-15(18(25)19(21,22)23)14-10-13(20)6-7-16(14)24/h2-7,10-11H,8-9H2,1H3. The first kappa shape index (κ1) is 18.5. The van der Waals surface area contributed by atoms with Crippen LogP contribution in [0.5, 0.6) is 5.75 Å². The number of carbonyl (C=O) groups excluding carboxylic acids is 1. The summed E-state index contributed by atoms with van der Waals surface area (Å²) >= 11 is 3.24. The highest BCUT2D eigenvalue weighted by Gasteiger charge is 2.40. The molecule has 26 heavy (non-hydrogen) atoms. The SMILES string of the molecule is Cc1ccccc1OCCn1cc(C(=O)C(F)(F)F)c2cc(Br)ccc21. The lowest BCUT2D eigenvalue weighted by Crippen LogP contribution is -2.22. The van der Waals surface area contributed by atoms with E-state index in [1.54, 1.807) is 16.7 Å². The second-order valence-corrected chi connectivity index (χ2v) is 6.75. The van der Waals surface area contributed by atoms with E-state index in [4.69, 9.17) is 4.74 Å². The fourth-order valence-corrected chi connectivity index (χ4v) is 3.12. The van der Waals surface area contributed by atoms with Crippen molar-refractivity contribution in [2.24, 2.45) is 0 Å². The smallest absolute Gasteiger partial charge is 0.454 e. The van der Waals surface area contributed by atoms with Gasteiger partial charge in [-0.25, -0.2) is 0 Å². The number of rotatable bonds is 5. The molecule has 3 rings (SSSR count). The lowest BCUT2D eigenvalue weighted by atomic mass is 10.1. The Balaban J connectivity index is 1.89. The Morgan fingerprint density at radius 2 is 1.92 bits per heavy atom. The van der Waals surface area contributed by atoms with Gasteiger partial charge in [-0.2, -0.15) is 13.2 Å². The number of alkyl halides is 3. The molecular formula is C19H15BrF3NO2. The van der Waals surface area contributed by atoms with Crippen molar-refractivity contribution in [3.05, 3.63) is 64.3 Å². The van der Waals surface area contributed by atoms with Crippen LogP contribution in [-0.2, 0) is 6.54 Å². The molecule has 136 valence electrons. The fraction of sp³-hybridized carbons (Fsp3) is 0.211. The minimum Gasteiger partial charge on any atom is -0.491 e. The van der Waals surface area contributed by atoms with Crippen molar-refractivity contribution < 1.29 is 22.7 Å². The summed E-state index contributed by atoms with van der Waals surface area (Å²) in [5.74, 6) is -1.13. The maximum atomic E-state index is 12.9. The van der Waals surface area contributed by atoms with Gasteiger partial charge in [0.1, 0.15) is 12.4 Å². The summed E-state index contributed by atoms with van der Waals surface area (Å²) in [4.78, 5) is 11.8. The maximum absolute atomic E-state index is 12.9. The van der Waals surface area contributed by atoms with Gasteiger partial charge in [0.25, 0.3) is 5.78 Å². The molecule has 0 N–H and O–H groups in total. The zero-order chi connectivity index (χ0) is 18.9. The number of hydrogen-bond donors (Lipinski definition) is 0. The van der Waals surface area contributed by atoms with E-state index in [0.29, 0.717) is 16.5 Å². The first-order chi connectivity index (χ1) is 12.3. The predicted octanol–water partition coefficient (Wildman–Crippen LogP) is 5.54. The molecule has 3 nitrogen and oxygen atoms in total. The van der Waals surface area contributed by atoms with E-state index in [-0.39, 0.29) is 17.6 Å². The Morgan fingerprint density at radius 1 is 1.19 bits per heavy atom. The molecule has 1 aromatic heterocycles. The Hall–Kier alpha value is -2.28. The van der Waals surface area contributed by atoms with Gasteiger partial charge in [-0.05, 0) is 36.8 Å². The summed E-state index contributed by atoms with van der Waals surface area (Å²) < 4.78 is 46.6. The third kappa shape index (κ3) is 3.77. The highest BCUT2D eigenvalue weighted by molar-refractivity contribution is 9.10. The van der Waals surface area contributed by atoms with E-state index in [0.717, 1.165) is 11.3 Å². The van der Waals surface area contributed by atoms with Crippen molar-refractivity contribution in [1.82, 2.24) is 4.57 Å². The van der Waals surface area contributed by atoms with Crippen molar-refractivity contribution >= 4 is 32.6 Å². The summed E-state index contributed by atoms with van der Waals surface area (Å²) in [7, 11) is 0. The lowest BCUT2D eigenvalue weighted by molar-refractivity contribution is -0.0884. The first-order valence-electron chi connectivity index (χ1n) is 7.85. The average Bonchev–Trinajstić information content (AvgIpc) is 2.92. The number of nitrogens with zero attached hydrogens (tertiary/aromatic N) is 1. The van der Waals surface area contributed by atoms with Crippen molar-refractivity contribution in [2.45, 2.75) is 19.6 Å². The van der Waals surface area contributed by atoms with Gasteiger partial charge in [-0.1, -0.05) is 34.1 Å². The topological polar surface area (TPSA) is 31.2 Å². The minimum absolute atomic E-state index is 0.262. The van der Waals surface area contributed by atoms with Crippen LogP contribution in [0.4, 0.5) is 13.2 Å². The highest BCUT2D eigenvalue weighted by atomic mass is 79.9. The molecule has 0 amide bonds. The Kier molecular flexibility index (Phi) is 5.09. The largest absolute Gasteiger partial charge is 0.491 e. The number of Topliss-reactive ketones (excluding diaryl/α,β-unsaturated/α-hetero) is 1. The molecule has 0 aliphatic heterocycles. The molecule has 0 atom stereocenters. The number of aryl methyl sites for hydroxylation is 1. The quantitative estimate of drug-likeness (QED) is 0.502. The number of hydrogen-bond acceptors (Lipinski definition) is 2. The minimum atomic E-state index is -4.92. The third-order valence-electron chi connectivity index (χ3n) is 4.03. The van der Waals surface area contributed by atoms with Crippen LogP contribution >= 0.6 is 15.9 Å². The number of para-hydroxylation sites is 1. The van der Waals surface area contributed by atoms with Crippen molar-refractivity contribution in [2.75, 3.05) is 6.61 Å². The van der Waals surface area contributed by atoms with Crippen LogP contribution in [0.25, 0.3) is 10.9 Å². The van der Waals surface area contributed by atoms with Crippen LogP contribution in [0.15, 0.2) is 53.1 Å². The van der Waals surface area contributed by atoms with Gasteiger partial charge in [0, 0.05) is 21.6 Å². The molecule has 0 saturated carbocycles. The number of ether oxygens (including phenoxy) is 1. The van der Waals surface area contributed by atoms with Crippen LogP contribution in [0.3, 0.4) is 0 Å². The van der Waals surface area contributed by atoms with Crippen LogP contribution in [0, 0.1) is 6.92 Å². The summed E-state index contributed by atoms with van der Waals surface area (Å²) in [6, 6.07) is 12.4. The number of benzene rings is 2. The van der Waals surface area contributed by atoms with E-state index in [1.807, 2.05) is 31.2 Å². The summed E-state index contributed by atoms with van der Waals surface area (Å²) in [5.41, 5.74) is 1.17. The second-order valence-electron chi connectivity index (χ2n) is 5.84. The number of ketones is 1. The molecule has 0 spiro atoms. The Morgan fingerprint density at radius 3 is 2.62 bits per heavy atom. The van der Waals surface area contributed by atoms with Gasteiger partial charge in [0.2, 0.25) is 0 Å². The molecule has 0 aliphatic rings. The molecule has 0 aliphatic carbocycles. The third-order valence-corrected chi connectivity index (χ3v) is 4.52. The molecule has 0 bridgehead atoms. The molecule has 0 fully saturated rings. The van der Waals surface area contributed by atoms with Crippen LogP contribution < -0.4 is 4.74 Å². The van der Waals surface area contributed by atoms with E-state index < -0.39 is 12.0 Å². The van der Waals surface area contributed by atoms with E-state index >= 15 is 0 Å². The number of fused-ring (bicyclic) bond motifs is 1. The molecular weight excluding hydrogens is 411 g/mol. The zero-order valence-electron chi connectivity index (χ0n) is 13.8. The van der Waals surface area contributed by atoms with Gasteiger partial charge in [0.05, 0.1) is 12.1 Å². The number of halogens is 4. The predicted molar refractivity (Wildman–Crippen MR) is 96.7 cm³/mol. The van der Waals surface area contributed by atoms with Crippen molar-refractivity contribution in [3.8, 4) is 5.75 Å². The Bertz CT molecular complexity index is 963. The van der Waals surface area contributed by atoms with E-state index in [2.05, 4.69) is 15.9 Å². The van der Waals surface area contributed by atoms with Crippen LogP contribution in [0.2, 0.25) is 0 Å². The number of aromatic nitrogens is 1. The summed E-state index contributed by atoms with van der Waals surface area (Å²) in [6.07, 6.45) is -3.67. The molecule has 0 unspecified atom stereocenters. The van der Waals surface area contributed by atoms with Crippen LogP contribution in [-0.4, -0.2) is 23.1 Å². The van der Waals surface area contributed by atoms with Crippen LogP contribution in [0.1, 0.15) is 15.9 Å². The zero-order valence-corrected chi connectivity index (χ0v) is 15.4. The second kappa shape index (κ2) is 7.15. The molecule has 2 aromatic carbocycles. The average molecular weight is 426 g/mol. The number of carbonyl (C=O) groups is 1. The fourth-order valence-electron chi connectivity index (χ4n) is 2.76. The van der Waals surface area contributed by atoms with E-state index in [9.17, 15) is 18.0 Å². The van der Waals surface area contributed by atoms with Gasteiger partial charge >= 0.3 is 6.18 Å². The molecule has 0 radical (unpaired) electrons. The van der Waals surface area contributed by atoms with Crippen molar-refractivity contribution in [3.63, 3.8) is 0 Å².